The summed E-state index contributed by atoms with van der Waals surface area (Å²) in [5, 5.41) is 8.91. The quantitative estimate of drug-likeness (QED) is 0.268. The van der Waals surface area contributed by atoms with Crippen molar-refractivity contribution in [2.24, 2.45) is 0 Å². The summed E-state index contributed by atoms with van der Waals surface area (Å²) >= 11 is 0. The molecule has 1 aliphatic heterocycles. The fourth-order valence-corrected chi connectivity index (χ4v) is 0.381. The van der Waals surface area contributed by atoms with Crippen LogP contribution in [-0.4, -0.2) is 22.6 Å². The van der Waals surface area contributed by atoms with Crippen molar-refractivity contribution in [1.82, 2.24) is 15.4 Å². The standard InChI is InChI=1S/B3H5N3/c1-4-2-6-3-5-1/h1-2,4-6H. The third kappa shape index (κ3) is 1.04. The molecule has 0 aromatic heterocycles. The van der Waals surface area contributed by atoms with Crippen LogP contribution in [-0.2, 0) is 0 Å². The van der Waals surface area contributed by atoms with Crippen LogP contribution < -0.4 is 15.4 Å². The molecule has 0 aliphatic carbocycles. The van der Waals surface area contributed by atoms with Crippen LogP contribution in [0.4, 0.5) is 0 Å². The van der Waals surface area contributed by atoms with E-state index >= 15 is 0 Å². The van der Waals surface area contributed by atoms with E-state index in [0.29, 0.717) is 0 Å². The van der Waals surface area contributed by atoms with E-state index in [1.165, 1.54) is 0 Å². The van der Waals surface area contributed by atoms with Crippen molar-refractivity contribution in [2.75, 3.05) is 0 Å². The monoisotopic (exact) mass is 80.1 g/mol. The van der Waals surface area contributed by atoms with Gasteiger partial charge in [-0.2, -0.15) is 0 Å². The molecule has 1 aliphatic rings. The zero-order valence-electron chi connectivity index (χ0n) is 3.49. The van der Waals surface area contributed by atoms with Gasteiger partial charge < -0.3 is 15.4 Å². The number of rotatable bonds is 0. The molecule has 1 fully saturated rings. The maximum absolute atomic E-state index is 3.03. The van der Waals surface area contributed by atoms with Crippen LogP contribution in [0.5, 0.6) is 0 Å². The van der Waals surface area contributed by atoms with Gasteiger partial charge in [-0.25, -0.2) is 0 Å². The minimum absolute atomic E-state index is 0.882. The van der Waals surface area contributed by atoms with Crippen molar-refractivity contribution in [3.05, 3.63) is 0 Å². The van der Waals surface area contributed by atoms with Gasteiger partial charge in [0.1, 0.15) is 0 Å². The van der Waals surface area contributed by atoms with Crippen molar-refractivity contribution >= 4 is 22.6 Å². The zero-order valence-corrected chi connectivity index (χ0v) is 3.49. The smallest absolute Gasteiger partial charge is 0.284 e. The van der Waals surface area contributed by atoms with Gasteiger partial charge in [0.05, 0.1) is 0 Å². The van der Waals surface area contributed by atoms with E-state index in [-0.39, 0.29) is 0 Å². The fraction of sp³-hybridized carbons (Fsp3) is 0. The molecule has 1 saturated heterocycles. The molecular formula is H5B3N3. The molecule has 1 radical (unpaired) electrons. The molecule has 0 unspecified atom stereocenters. The molecule has 0 saturated carbocycles. The predicted octanol–water partition coefficient (Wildman–Crippen LogP) is -3.16. The van der Waals surface area contributed by atoms with Gasteiger partial charge in [0.2, 0.25) is 0 Å². The summed E-state index contributed by atoms with van der Waals surface area (Å²) in [4.78, 5) is 0. The van der Waals surface area contributed by atoms with Crippen LogP contribution in [0.2, 0.25) is 0 Å². The average molecular weight is 79.5 g/mol. The Balaban J connectivity index is 2.00. The first-order chi connectivity index (χ1) is 3.00. The molecule has 6 heavy (non-hydrogen) atoms. The van der Waals surface area contributed by atoms with Crippen LogP contribution >= 0.6 is 0 Å². The lowest BCUT2D eigenvalue weighted by Crippen LogP contribution is -2.55. The molecule has 0 spiro atoms. The molecule has 1 rings (SSSR count). The van der Waals surface area contributed by atoms with Gasteiger partial charge in [0, 0.05) is 0 Å². The summed E-state index contributed by atoms with van der Waals surface area (Å²) in [5.41, 5.74) is 0. The topological polar surface area (TPSA) is 36.1 Å². The Kier molecular flexibility index (Phi) is 1.61. The van der Waals surface area contributed by atoms with Crippen LogP contribution in [0.15, 0.2) is 0 Å². The lowest BCUT2D eigenvalue weighted by atomic mass is 9.85. The predicted molar refractivity (Wildman–Crippen MR) is 29.5 cm³/mol. The Morgan fingerprint density at radius 1 is 1.17 bits per heavy atom. The van der Waals surface area contributed by atoms with Crippen LogP contribution in [0.3, 0.4) is 0 Å². The van der Waals surface area contributed by atoms with Crippen molar-refractivity contribution in [2.45, 2.75) is 0 Å². The van der Waals surface area contributed by atoms with Gasteiger partial charge in [-0.15, -0.1) is 0 Å². The Bertz CT molecular complexity index is 21.5. The lowest BCUT2D eigenvalue weighted by molar-refractivity contribution is 1.28. The van der Waals surface area contributed by atoms with Crippen LogP contribution in [0.1, 0.15) is 0 Å². The minimum Gasteiger partial charge on any atom is -0.378 e. The highest BCUT2D eigenvalue weighted by Gasteiger charge is 1.98. The largest absolute Gasteiger partial charge is 0.378 e. The molecule has 0 amide bonds. The number of hydrogen-bond donors (Lipinski definition) is 3. The van der Waals surface area contributed by atoms with Gasteiger partial charge in [-0.1, -0.05) is 0 Å². The Labute approximate surface area is 39.1 Å². The molecule has 3 nitrogen and oxygen atoms in total. The molecule has 29 valence electrons. The number of hydrogen-bond acceptors (Lipinski definition) is 3. The second-order valence-electron chi connectivity index (χ2n) is 1.16. The van der Waals surface area contributed by atoms with E-state index in [0.717, 1.165) is 15.1 Å². The maximum atomic E-state index is 3.03. The third-order valence-corrected chi connectivity index (χ3v) is 0.658. The van der Waals surface area contributed by atoms with E-state index in [2.05, 4.69) is 15.4 Å². The lowest BCUT2D eigenvalue weighted by Gasteiger charge is -2.08. The molecule has 1 heterocycles. The maximum Gasteiger partial charge on any atom is 0.284 e. The molecular weight excluding hydrogens is 74.5 g/mol. The van der Waals surface area contributed by atoms with E-state index in [1.807, 2.05) is 7.55 Å². The van der Waals surface area contributed by atoms with Crippen molar-refractivity contribution in [3.63, 3.8) is 0 Å². The van der Waals surface area contributed by atoms with Crippen LogP contribution in [0, 0.1) is 0 Å². The first kappa shape index (κ1) is 4.24. The van der Waals surface area contributed by atoms with Crippen molar-refractivity contribution in [3.8, 4) is 0 Å². The molecule has 3 N–H and O–H groups in total. The minimum atomic E-state index is 0.882. The van der Waals surface area contributed by atoms with Crippen molar-refractivity contribution in [1.29, 1.82) is 0 Å². The molecule has 0 aromatic rings. The van der Waals surface area contributed by atoms with Crippen LogP contribution in [0.25, 0.3) is 0 Å². The number of nitrogens with one attached hydrogen (secondary N) is 3. The molecule has 0 bridgehead atoms. The van der Waals surface area contributed by atoms with Gasteiger partial charge in [-0.05, 0) is 0 Å². The molecule has 6 heteroatoms. The molecule has 0 aromatic carbocycles. The highest BCUT2D eigenvalue weighted by atomic mass is 15.0. The van der Waals surface area contributed by atoms with E-state index in [9.17, 15) is 0 Å². The summed E-state index contributed by atoms with van der Waals surface area (Å²) in [5.74, 6) is 0. The highest BCUT2D eigenvalue weighted by molar-refractivity contribution is 6.65. The Morgan fingerprint density at radius 2 is 1.83 bits per heavy atom. The first-order valence-electron chi connectivity index (χ1n) is 1.99. The fourth-order valence-electron chi connectivity index (χ4n) is 0.381. The van der Waals surface area contributed by atoms with Gasteiger partial charge in [-0.3, -0.25) is 0 Å². The first-order valence-corrected chi connectivity index (χ1v) is 1.99. The van der Waals surface area contributed by atoms with Gasteiger partial charge >= 0.3 is 0 Å². The van der Waals surface area contributed by atoms with E-state index < -0.39 is 0 Å². The second kappa shape index (κ2) is 2.28. The van der Waals surface area contributed by atoms with Gasteiger partial charge in [0.25, 0.3) is 22.6 Å². The van der Waals surface area contributed by atoms with E-state index in [1.54, 1.807) is 0 Å². The van der Waals surface area contributed by atoms with Crippen molar-refractivity contribution < 1.29 is 0 Å². The average Bonchev–Trinajstić information content (AvgIpc) is 1.72. The summed E-state index contributed by atoms with van der Waals surface area (Å²) in [6.07, 6.45) is 0. The second-order valence-corrected chi connectivity index (χ2v) is 1.16. The summed E-state index contributed by atoms with van der Waals surface area (Å²) in [6, 6.07) is 0. The Hall–Kier alpha value is 0.0748. The Morgan fingerprint density at radius 3 is 2.00 bits per heavy atom. The summed E-state index contributed by atoms with van der Waals surface area (Å²) in [6.45, 7) is 0. The zero-order chi connectivity index (χ0) is 4.24. The normalized spacial score (nSPS) is 20.0. The third-order valence-electron chi connectivity index (χ3n) is 0.658. The SMILES string of the molecule is [B]1NBNBN1. The summed E-state index contributed by atoms with van der Waals surface area (Å²) in [7, 11) is 3.59. The summed E-state index contributed by atoms with van der Waals surface area (Å²) < 4.78 is 0. The van der Waals surface area contributed by atoms with E-state index in [4.69, 9.17) is 0 Å². The highest BCUT2D eigenvalue weighted by Crippen LogP contribution is 1.46. The van der Waals surface area contributed by atoms with Gasteiger partial charge in [0.15, 0.2) is 0 Å². The molecule has 0 atom stereocenters.